The molecule has 0 aromatic carbocycles. The molecule has 2 aromatic heterocycles. The first kappa shape index (κ1) is 8.32. The second kappa shape index (κ2) is 3.23. The number of hydrogen-bond donors (Lipinski definition) is 1. The molecule has 0 saturated carbocycles. The van der Waals surface area contributed by atoms with Crippen molar-refractivity contribution in [3.63, 3.8) is 0 Å². The molecule has 0 fully saturated rings. The van der Waals surface area contributed by atoms with Gasteiger partial charge in [0.1, 0.15) is 11.3 Å². The molecule has 2 heterocycles. The van der Waals surface area contributed by atoms with Crippen LogP contribution in [0, 0.1) is 0 Å². The first-order valence-electron chi connectivity index (χ1n) is 3.88. The lowest BCUT2D eigenvalue weighted by molar-refractivity contribution is 1.13. The van der Waals surface area contributed by atoms with Gasteiger partial charge in [0.05, 0.1) is 5.69 Å². The molecule has 0 bridgehead atoms. The summed E-state index contributed by atoms with van der Waals surface area (Å²) in [4.78, 5) is 12.6. The summed E-state index contributed by atoms with van der Waals surface area (Å²) in [6, 6.07) is 3.54. The molecule has 0 amide bonds. The fourth-order valence-electron chi connectivity index (χ4n) is 1.05. The molecular formula is C8H9N4P. The van der Waals surface area contributed by atoms with Crippen LogP contribution in [0.4, 0.5) is 5.82 Å². The lowest BCUT2D eigenvalue weighted by atomic mass is 10.4. The van der Waals surface area contributed by atoms with Crippen molar-refractivity contribution >= 4 is 26.2 Å². The standard InChI is InChI=1S/C8H9N4P/c9-7-2-1-6-8(12-7)11-5(4-13)3-10-6/h1-3H,4,13H2,(H2,9,11,12). The van der Waals surface area contributed by atoms with Crippen LogP contribution in [0.2, 0.25) is 0 Å². The smallest absolute Gasteiger partial charge is 0.180 e. The maximum absolute atomic E-state index is 5.53. The van der Waals surface area contributed by atoms with Crippen molar-refractivity contribution in [1.29, 1.82) is 0 Å². The summed E-state index contributed by atoms with van der Waals surface area (Å²) < 4.78 is 0. The average Bonchev–Trinajstić information content (AvgIpc) is 2.16. The number of fused-ring (bicyclic) bond motifs is 1. The Bertz CT molecular complexity index is 443. The summed E-state index contributed by atoms with van der Waals surface area (Å²) >= 11 is 0. The Balaban J connectivity index is 2.68. The summed E-state index contributed by atoms with van der Waals surface area (Å²) in [6.07, 6.45) is 2.52. The van der Waals surface area contributed by atoms with E-state index < -0.39 is 0 Å². The first-order chi connectivity index (χ1) is 6.29. The summed E-state index contributed by atoms with van der Waals surface area (Å²) in [5.74, 6) is 0.475. The summed E-state index contributed by atoms with van der Waals surface area (Å²) in [5, 5.41) is 0. The molecule has 0 radical (unpaired) electrons. The molecule has 0 aliphatic rings. The normalized spacial score (nSPS) is 10.5. The lowest BCUT2D eigenvalue weighted by Crippen LogP contribution is -1.95. The molecule has 13 heavy (non-hydrogen) atoms. The Morgan fingerprint density at radius 2 is 2.15 bits per heavy atom. The number of aromatic nitrogens is 3. The third-order valence-corrected chi connectivity index (χ3v) is 2.11. The van der Waals surface area contributed by atoms with Gasteiger partial charge in [-0.15, -0.1) is 9.24 Å². The van der Waals surface area contributed by atoms with Gasteiger partial charge in [0, 0.05) is 12.4 Å². The van der Waals surface area contributed by atoms with Crippen LogP contribution in [-0.2, 0) is 6.16 Å². The molecule has 66 valence electrons. The molecular weight excluding hydrogens is 183 g/mol. The molecule has 0 saturated heterocycles. The minimum Gasteiger partial charge on any atom is -0.384 e. The van der Waals surface area contributed by atoms with Crippen molar-refractivity contribution < 1.29 is 0 Å². The minimum atomic E-state index is 0.475. The summed E-state index contributed by atoms with van der Waals surface area (Å²) in [5.41, 5.74) is 7.82. The van der Waals surface area contributed by atoms with E-state index in [0.717, 1.165) is 17.4 Å². The van der Waals surface area contributed by atoms with Gasteiger partial charge in [0.15, 0.2) is 5.65 Å². The summed E-state index contributed by atoms with van der Waals surface area (Å²) in [7, 11) is 2.59. The molecule has 2 rings (SSSR count). The second-order valence-electron chi connectivity index (χ2n) is 2.64. The predicted octanol–water partition coefficient (Wildman–Crippen LogP) is 0.982. The van der Waals surface area contributed by atoms with E-state index >= 15 is 0 Å². The van der Waals surface area contributed by atoms with Crippen molar-refractivity contribution in [3.8, 4) is 0 Å². The topological polar surface area (TPSA) is 64.7 Å². The fraction of sp³-hybridized carbons (Fsp3) is 0.125. The van der Waals surface area contributed by atoms with E-state index in [-0.39, 0.29) is 0 Å². The van der Waals surface area contributed by atoms with Crippen LogP contribution in [-0.4, -0.2) is 15.0 Å². The zero-order chi connectivity index (χ0) is 9.26. The van der Waals surface area contributed by atoms with Crippen molar-refractivity contribution in [3.05, 3.63) is 24.0 Å². The Kier molecular flexibility index (Phi) is 2.07. The van der Waals surface area contributed by atoms with E-state index in [9.17, 15) is 0 Å². The SMILES string of the molecule is Nc1ccc2ncc(CP)nc2n1. The summed E-state index contributed by atoms with van der Waals surface area (Å²) in [6.45, 7) is 0. The second-order valence-corrected chi connectivity index (χ2v) is 3.05. The molecule has 1 unspecified atom stereocenters. The lowest BCUT2D eigenvalue weighted by Gasteiger charge is -1.99. The monoisotopic (exact) mass is 192 g/mol. The molecule has 2 aromatic rings. The number of nitrogens with zero attached hydrogens (tertiary/aromatic N) is 3. The highest BCUT2D eigenvalue weighted by molar-refractivity contribution is 7.15. The zero-order valence-electron chi connectivity index (χ0n) is 6.94. The van der Waals surface area contributed by atoms with Crippen molar-refractivity contribution in [1.82, 2.24) is 15.0 Å². The van der Waals surface area contributed by atoms with Crippen LogP contribution in [0.1, 0.15) is 5.69 Å². The molecule has 4 nitrogen and oxygen atoms in total. The van der Waals surface area contributed by atoms with Gasteiger partial charge >= 0.3 is 0 Å². The quantitative estimate of drug-likeness (QED) is 0.684. The van der Waals surface area contributed by atoms with Gasteiger partial charge in [-0.1, -0.05) is 0 Å². The van der Waals surface area contributed by atoms with Crippen LogP contribution < -0.4 is 5.73 Å². The zero-order valence-corrected chi connectivity index (χ0v) is 8.09. The molecule has 2 N–H and O–H groups in total. The van der Waals surface area contributed by atoms with E-state index in [1.807, 2.05) is 6.07 Å². The van der Waals surface area contributed by atoms with Gasteiger partial charge in [-0.3, -0.25) is 4.98 Å². The van der Waals surface area contributed by atoms with Crippen LogP contribution in [0.5, 0.6) is 0 Å². The molecule has 0 aliphatic heterocycles. The Labute approximate surface area is 77.8 Å². The van der Waals surface area contributed by atoms with Crippen molar-refractivity contribution in [2.45, 2.75) is 6.16 Å². The third-order valence-electron chi connectivity index (χ3n) is 1.69. The highest BCUT2D eigenvalue weighted by atomic mass is 31.0. The first-order valence-corrected chi connectivity index (χ1v) is 4.69. The van der Waals surface area contributed by atoms with E-state index in [4.69, 9.17) is 5.73 Å². The number of nitrogen functional groups attached to an aromatic ring is 1. The van der Waals surface area contributed by atoms with E-state index in [2.05, 4.69) is 24.2 Å². The van der Waals surface area contributed by atoms with Crippen LogP contribution in [0.25, 0.3) is 11.2 Å². The van der Waals surface area contributed by atoms with Crippen molar-refractivity contribution in [2.24, 2.45) is 0 Å². The van der Waals surface area contributed by atoms with Crippen LogP contribution in [0.3, 0.4) is 0 Å². The van der Waals surface area contributed by atoms with E-state index in [1.165, 1.54) is 0 Å². The molecule has 5 heteroatoms. The van der Waals surface area contributed by atoms with Gasteiger partial charge in [-0.05, 0) is 12.1 Å². The van der Waals surface area contributed by atoms with E-state index in [1.54, 1.807) is 12.3 Å². The minimum absolute atomic E-state index is 0.475. The fourth-order valence-corrected chi connectivity index (χ4v) is 1.24. The predicted molar refractivity (Wildman–Crippen MR) is 55.2 cm³/mol. The molecule has 0 spiro atoms. The maximum Gasteiger partial charge on any atom is 0.180 e. The van der Waals surface area contributed by atoms with Gasteiger partial charge < -0.3 is 5.73 Å². The Morgan fingerprint density at radius 3 is 2.92 bits per heavy atom. The number of hydrogen-bond acceptors (Lipinski definition) is 4. The van der Waals surface area contributed by atoms with E-state index in [0.29, 0.717) is 11.5 Å². The van der Waals surface area contributed by atoms with Gasteiger partial charge in [0.25, 0.3) is 0 Å². The Hall–Kier alpha value is -1.28. The van der Waals surface area contributed by atoms with Gasteiger partial charge in [-0.2, -0.15) is 0 Å². The molecule has 1 atom stereocenters. The number of pyridine rings is 1. The van der Waals surface area contributed by atoms with Gasteiger partial charge in [-0.25, -0.2) is 9.97 Å². The number of rotatable bonds is 1. The molecule has 0 aliphatic carbocycles. The highest BCUT2D eigenvalue weighted by Crippen LogP contribution is 2.10. The van der Waals surface area contributed by atoms with Crippen LogP contribution in [0.15, 0.2) is 18.3 Å². The number of nitrogens with two attached hydrogens (primary N) is 1. The maximum atomic E-state index is 5.53. The number of anilines is 1. The van der Waals surface area contributed by atoms with Crippen molar-refractivity contribution in [2.75, 3.05) is 5.73 Å². The highest BCUT2D eigenvalue weighted by Gasteiger charge is 1.99. The average molecular weight is 192 g/mol. The largest absolute Gasteiger partial charge is 0.384 e. The Morgan fingerprint density at radius 1 is 1.31 bits per heavy atom. The van der Waals surface area contributed by atoms with Gasteiger partial charge in [0.2, 0.25) is 0 Å². The third kappa shape index (κ3) is 1.58. The van der Waals surface area contributed by atoms with Crippen LogP contribution >= 0.6 is 9.24 Å².